The molecule has 1 N–H and O–H groups in total. The van der Waals surface area contributed by atoms with Crippen molar-refractivity contribution in [2.24, 2.45) is 5.92 Å². The van der Waals surface area contributed by atoms with Crippen LogP contribution in [-0.4, -0.2) is 36.7 Å². The highest BCUT2D eigenvalue weighted by molar-refractivity contribution is 7.89. The first-order chi connectivity index (χ1) is 13.7. The second-order valence-corrected chi connectivity index (χ2v) is 9.88. The van der Waals surface area contributed by atoms with Gasteiger partial charge in [0.05, 0.1) is 10.9 Å². The highest BCUT2D eigenvalue weighted by Crippen LogP contribution is 2.28. The van der Waals surface area contributed by atoms with Gasteiger partial charge in [-0.3, -0.25) is 9.78 Å². The summed E-state index contributed by atoms with van der Waals surface area (Å²) in [7, 11) is -3.63. The predicted molar refractivity (Wildman–Crippen MR) is 113 cm³/mol. The van der Waals surface area contributed by atoms with E-state index in [1.807, 2.05) is 26.0 Å². The van der Waals surface area contributed by atoms with Gasteiger partial charge in [-0.05, 0) is 80.5 Å². The highest BCUT2D eigenvalue weighted by Gasteiger charge is 2.30. The summed E-state index contributed by atoms with van der Waals surface area (Å²) in [6.45, 7) is 8.73. The lowest BCUT2D eigenvalue weighted by atomic mass is 10.0. The number of hydrogen-bond donors (Lipinski definition) is 1. The molecule has 0 spiro atoms. The molecule has 1 aromatic carbocycles. The lowest BCUT2D eigenvalue weighted by molar-refractivity contribution is 0.0939. The number of nitrogens with one attached hydrogen (secondary N) is 1. The minimum Gasteiger partial charge on any atom is -0.346 e. The van der Waals surface area contributed by atoms with Crippen molar-refractivity contribution in [2.75, 3.05) is 13.1 Å². The highest BCUT2D eigenvalue weighted by atomic mass is 32.2. The quantitative estimate of drug-likeness (QED) is 0.809. The molecule has 1 fully saturated rings. The van der Waals surface area contributed by atoms with Crippen molar-refractivity contribution in [3.8, 4) is 0 Å². The van der Waals surface area contributed by atoms with Crippen molar-refractivity contribution in [1.82, 2.24) is 14.6 Å². The molecule has 1 aliphatic heterocycles. The molecule has 1 aliphatic rings. The maximum atomic E-state index is 13.3. The van der Waals surface area contributed by atoms with Crippen molar-refractivity contribution < 1.29 is 13.2 Å². The number of carbonyl (C=O) groups excluding carboxylic acids is 1. The Morgan fingerprint density at radius 2 is 1.79 bits per heavy atom. The minimum atomic E-state index is -3.63. The molecule has 1 aromatic heterocycles. The first kappa shape index (κ1) is 21.5. The molecule has 1 unspecified atom stereocenters. The predicted octanol–water partition coefficient (Wildman–Crippen LogP) is 3.61. The Labute approximate surface area is 173 Å². The van der Waals surface area contributed by atoms with Gasteiger partial charge >= 0.3 is 0 Å². The first-order valence-electron chi connectivity index (χ1n) is 10.0. The summed E-state index contributed by atoms with van der Waals surface area (Å²) in [5.74, 6) is 0.247. The number of sulfonamides is 1. The Balaban J connectivity index is 1.88. The third kappa shape index (κ3) is 4.67. The van der Waals surface area contributed by atoms with Gasteiger partial charge in [-0.1, -0.05) is 6.92 Å². The van der Waals surface area contributed by atoms with E-state index in [0.29, 0.717) is 30.1 Å². The van der Waals surface area contributed by atoms with Crippen molar-refractivity contribution in [3.63, 3.8) is 0 Å². The van der Waals surface area contributed by atoms with Crippen LogP contribution < -0.4 is 5.32 Å². The molecular formula is C22H29N3O3S. The summed E-state index contributed by atoms with van der Waals surface area (Å²) in [5, 5.41) is 2.95. The average Bonchev–Trinajstić information content (AvgIpc) is 2.70. The number of nitrogens with zero attached hydrogens (tertiary/aromatic N) is 2. The third-order valence-corrected chi connectivity index (χ3v) is 7.82. The number of hydrogen-bond acceptors (Lipinski definition) is 4. The molecule has 156 valence electrons. The number of piperidine rings is 1. The number of rotatable bonds is 5. The molecule has 6 nitrogen and oxygen atoms in total. The molecule has 1 amide bonds. The number of pyridine rings is 1. The van der Waals surface area contributed by atoms with Gasteiger partial charge < -0.3 is 5.32 Å². The van der Waals surface area contributed by atoms with Crippen molar-refractivity contribution in [1.29, 1.82) is 0 Å². The topological polar surface area (TPSA) is 79.4 Å². The maximum Gasteiger partial charge on any atom is 0.251 e. The lowest BCUT2D eigenvalue weighted by Gasteiger charge is -2.30. The van der Waals surface area contributed by atoms with Crippen LogP contribution in [-0.2, 0) is 10.0 Å². The normalized spacial score (nSPS) is 17.1. The molecule has 3 rings (SSSR count). The van der Waals surface area contributed by atoms with Gasteiger partial charge in [0.2, 0.25) is 10.0 Å². The van der Waals surface area contributed by atoms with Crippen LogP contribution in [0, 0.1) is 19.8 Å². The van der Waals surface area contributed by atoms with Gasteiger partial charge in [-0.2, -0.15) is 4.31 Å². The molecule has 0 bridgehead atoms. The molecule has 1 atom stereocenters. The fourth-order valence-electron chi connectivity index (χ4n) is 3.61. The Morgan fingerprint density at radius 1 is 1.17 bits per heavy atom. The van der Waals surface area contributed by atoms with E-state index in [0.717, 1.165) is 24.0 Å². The molecule has 2 heterocycles. The summed E-state index contributed by atoms with van der Waals surface area (Å²) < 4.78 is 28.1. The van der Waals surface area contributed by atoms with Crippen molar-refractivity contribution in [2.45, 2.75) is 51.5 Å². The fourth-order valence-corrected chi connectivity index (χ4v) is 5.40. The van der Waals surface area contributed by atoms with Crippen LogP contribution >= 0.6 is 0 Å². The molecule has 0 saturated carbocycles. The third-order valence-electron chi connectivity index (χ3n) is 5.80. The largest absolute Gasteiger partial charge is 0.346 e. The molecule has 29 heavy (non-hydrogen) atoms. The minimum absolute atomic E-state index is 0.212. The van der Waals surface area contributed by atoms with Gasteiger partial charge in [-0.15, -0.1) is 0 Å². The fraction of sp³-hybridized carbons (Fsp3) is 0.455. The summed E-state index contributed by atoms with van der Waals surface area (Å²) in [6.07, 6.45) is 5.08. The van der Waals surface area contributed by atoms with Crippen LogP contribution in [0.1, 0.15) is 59.8 Å². The number of aryl methyl sites for hydroxylation is 1. The molecule has 0 radical (unpaired) electrons. The van der Waals surface area contributed by atoms with E-state index in [1.165, 1.54) is 6.07 Å². The van der Waals surface area contributed by atoms with Gasteiger partial charge in [0.15, 0.2) is 0 Å². The van der Waals surface area contributed by atoms with Crippen LogP contribution in [0.25, 0.3) is 0 Å². The van der Waals surface area contributed by atoms with Gasteiger partial charge in [0.25, 0.3) is 5.91 Å². The summed E-state index contributed by atoms with van der Waals surface area (Å²) in [6, 6.07) is 6.75. The van der Waals surface area contributed by atoms with E-state index < -0.39 is 10.0 Å². The molecular weight excluding hydrogens is 386 g/mol. The zero-order chi connectivity index (χ0) is 21.2. The maximum absolute atomic E-state index is 13.3. The van der Waals surface area contributed by atoms with Crippen LogP contribution in [0.15, 0.2) is 41.6 Å². The number of amides is 1. The summed E-state index contributed by atoms with van der Waals surface area (Å²) >= 11 is 0. The van der Waals surface area contributed by atoms with E-state index in [9.17, 15) is 13.2 Å². The van der Waals surface area contributed by atoms with Crippen LogP contribution in [0.3, 0.4) is 0 Å². The molecule has 7 heteroatoms. The van der Waals surface area contributed by atoms with E-state index >= 15 is 0 Å². The second-order valence-electron chi connectivity index (χ2n) is 7.98. The van der Waals surface area contributed by atoms with Gasteiger partial charge in [0, 0.05) is 31.0 Å². The standard InChI is InChI=1S/C22H29N3O3S/c1-15-7-11-25(12-8-15)29(27,28)21-14-20(13-16(2)17(21)3)22(26)24-18(4)19-5-9-23-10-6-19/h5-6,9-10,13-15,18H,7-8,11-12H2,1-4H3,(H,24,26). The second kappa shape index (κ2) is 8.63. The zero-order valence-corrected chi connectivity index (χ0v) is 18.3. The molecule has 0 aliphatic carbocycles. The van der Waals surface area contributed by atoms with Crippen LogP contribution in [0.5, 0.6) is 0 Å². The Hall–Kier alpha value is -2.25. The van der Waals surface area contributed by atoms with E-state index in [1.54, 1.807) is 29.7 Å². The monoisotopic (exact) mass is 415 g/mol. The first-order valence-corrected chi connectivity index (χ1v) is 11.5. The van der Waals surface area contributed by atoms with Crippen LogP contribution in [0.4, 0.5) is 0 Å². The number of carbonyl (C=O) groups is 1. The zero-order valence-electron chi connectivity index (χ0n) is 17.5. The van der Waals surface area contributed by atoms with Gasteiger partial charge in [0.1, 0.15) is 0 Å². The molecule has 2 aromatic rings. The Kier molecular flexibility index (Phi) is 6.39. The Morgan fingerprint density at radius 3 is 2.41 bits per heavy atom. The summed E-state index contributed by atoms with van der Waals surface area (Å²) in [5.41, 5.74) is 2.78. The van der Waals surface area contributed by atoms with Gasteiger partial charge in [-0.25, -0.2) is 8.42 Å². The average molecular weight is 416 g/mol. The lowest BCUT2D eigenvalue weighted by Crippen LogP contribution is -2.38. The van der Waals surface area contributed by atoms with E-state index in [4.69, 9.17) is 0 Å². The number of aromatic nitrogens is 1. The molecule has 1 saturated heterocycles. The van der Waals surface area contributed by atoms with Crippen molar-refractivity contribution >= 4 is 15.9 Å². The van der Waals surface area contributed by atoms with Crippen molar-refractivity contribution in [3.05, 3.63) is 58.9 Å². The summed E-state index contributed by atoms with van der Waals surface area (Å²) in [4.78, 5) is 17.1. The smallest absolute Gasteiger partial charge is 0.251 e. The number of benzene rings is 1. The van der Waals surface area contributed by atoms with Crippen LogP contribution in [0.2, 0.25) is 0 Å². The van der Waals surface area contributed by atoms with E-state index in [2.05, 4.69) is 17.2 Å². The van der Waals surface area contributed by atoms with E-state index in [-0.39, 0.29) is 16.8 Å². The Bertz CT molecular complexity index is 982. The SMILES string of the molecule is Cc1cc(C(=O)NC(C)c2ccncc2)cc(S(=O)(=O)N2CCC(C)CC2)c1C.